The van der Waals surface area contributed by atoms with E-state index >= 15 is 0 Å². The Morgan fingerprint density at radius 3 is 2.64 bits per heavy atom. The van der Waals surface area contributed by atoms with E-state index in [0.29, 0.717) is 0 Å². The summed E-state index contributed by atoms with van der Waals surface area (Å²) in [4.78, 5) is 13.5. The lowest BCUT2D eigenvalue weighted by molar-refractivity contribution is -0.276. The Labute approximate surface area is 146 Å². The molecule has 2 aliphatic rings. The van der Waals surface area contributed by atoms with Crippen LogP contribution in [-0.2, 0) is 4.79 Å². The number of fused-ring (bicyclic) bond motifs is 1. The molecule has 2 N–H and O–H groups in total. The van der Waals surface area contributed by atoms with Crippen LogP contribution < -0.4 is 0 Å². The highest BCUT2D eigenvalue weighted by Gasteiger charge is 2.74. The zero-order valence-electron chi connectivity index (χ0n) is 13.0. The molecule has 1 amide bonds. The smallest absolute Gasteiger partial charge is 0.391 e. The summed E-state index contributed by atoms with van der Waals surface area (Å²) in [7, 11) is 0. The highest BCUT2D eigenvalue weighted by molar-refractivity contribution is 6.32. The van der Waals surface area contributed by atoms with Crippen LogP contribution in [0.25, 0.3) is 0 Å². The number of hydrogen-bond donors (Lipinski definition) is 2. The average molecular weight is 375 g/mol. The lowest BCUT2D eigenvalue weighted by Gasteiger charge is -2.36. The van der Waals surface area contributed by atoms with E-state index in [9.17, 15) is 28.2 Å². The van der Waals surface area contributed by atoms with Crippen molar-refractivity contribution in [3.8, 4) is 6.07 Å². The predicted octanol–water partition coefficient (Wildman–Crippen LogP) is 1.87. The first-order valence-electron chi connectivity index (χ1n) is 7.52. The summed E-state index contributed by atoms with van der Waals surface area (Å²) in [6.07, 6.45) is -6.66. The van der Waals surface area contributed by atoms with Crippen molar-refractivity contribution in [2.24, 2.45) is 0 Å². The lowest BCUT2D eigenvalue weighted by atomic mass is 9.76. The van der Waals surface area contributed by atoms with Crippen molar-refractivity contribution < 1.29 is 28.2 Å². The molecule has 0 aromatic heterocycles. The molecule has 25 heavy (non-hydrogen) atoms. The first-order valence-corrected chi connectivity index (χ1v) is 7.90. The van der Waals surface area contributed by atoms with Gasteiger partial charge in [-0.3, -0.25) is 4.79 Å². The fraction of sp³-hybridized carbons (Fsp3) is 0.500. The van der Waals surface area contributed by atoms with E-state index in [0.717, 1.165) is 4.90 Å². The van der Waals surface area contributed by atoms with Gasteiger partial charge in [0.2, 0.25) is 5.91 Å². The van der Waals surface area contributed by atoms with Crippen LogP contribution in [0, 0.1) is 18.3 Å². The maximum Gasteiger partial charge on any atom is 0.420 e. The van der Waals surface area contributed by atoms with Crippen LogP contribution >= 0.6 is 11.6 Å². The largest absolute Gasteiger partial charge is 0.420 e. The fourth-order valence-electron chi connectivity index (χ4n) is 3.88. The number of halogens is 4. The number of nitriles is 1. The highest BCUT2D eigenvalue weighted by atomic mass is 35.5. The number of aliphatic hydroxyl groups excluding tert-OH is 1. The van der Waals surface area contributed by atoms with Crippen LogP contribution in [0.4, 0.5) is 13.2 Å². The lowest BCUT2D eigenvalue weighted by Crippen LogP contribution is -2.59. The number of carbonyl (C=O) groups is 1. The number of rotatable bonds is 1. The maximum atomic E-state index is 13.8. The van der Waals surface area contributed by atoms with E-state index in [1.807, 2.05) is 6.07 Å². The Morgan fingerprint density at radius 1 is 1.44 bits per heavy atom. The Morgan fingerprint density at radius 2 is 2.08 bits per heavy atom. The molecule has 1 aromatic rings. The molecule has 2 saturated heterocycles. The van der Waals surface area contributed by atoms with E-state index < -0.39 is 35.7 Å². The number of hydrogen-bond acceptors (Lipinski definition) is 4. The minimum Gasteiger partial charge on any atom is -0.391 e. The summed E-state index contributed by atoms with van der Waals surface area (Å²) in [6, 6.07) is 2.46. The van der Waals surface area contributed by atoms with E-state index in [1.54, 1.807) is 0 Å². The fourth-order valence-corrected chi connectivity index (χ4v) is 4.09. The Hall–Kier alpha value is -1.82. The maximum absolute atomic E-state index is 13.8. The number of benzene rings is 1. The predicted molar refractivity (Wildman–Crippen MR) is 80.8 cm³/mol. The molecule has 9 heteroatoms. The second-order valence-corrected chi connectivity index (χ2v) is 6.72. The second-order valence-electron chi connectivity index (χ2n) is 6.34. The topological polar surface area (TPSA) is 84.6 Å². The van der Waals surface area contributed by atoms with Gasteiger partial charge in [-0.1, -0.05) is 17.7 Å². The molecule has 0 spiro atoms. The van der Waals surface area contributed by atoms with Gasteiger partial charge in [0.25, 0.3) is 0 Å². The Kier molecular flexibility index (Phi) is 4.02. The van der Waals surface area contributed by atoms with E-state index in [2.05, 4.69) is 0 Å². The number of carbonyl (C=O) groups excluding carboxylic acids is 1. The molecular formula is C16H14ClF3N2O3. The van der Waals surface area contributed by atoms with Crippen molar-refractivity contribution in [1.29, 1.82) is 5.26 Å². The summed E-state index contributed by atoms with van der Waals surface area (Å²) in [6.45, 7) is 1.32. The molecule has 4 atom stereocenters. The van der Waals surface area contributed by atoms with Crippen molar-refractivity contribution in [2.75, 3.05) is 6.54 Å². The quantitative estimate of drug-likeness (QED) is 0.786. The molecule has 2 heterocycles. The van der Waals surface area contributed by atoms with Crippen LogP contribution in [0.15, 0.2) is 12.1 Å². The number of nitrogens with zero attached hydrogens (tertiary/aromatic N) is 2. The number of amides is 1. The van der Waals surface area contributed by atoms with Gasteiger partial charge in [0.15, 0.2) is 5.60 Å². The Balaban J connectivity index is 2.23. The zero-order chi connectivity index (χ0) is 18.7. The van der Waals surface area contributed by atoms with Gasteiger partial charge in [-0.2, -0.15) is 18.4 Å². The summed E-state index contributed by atoms with van der Waals surface area (Å²) in [5.74, 6) is -2.86. The van der Waals surface area contributed by atoms with Crippen LogP contribution in [0.5, 0.6) is 0 Å². The number of alkyl halides is 3. The molecule has 0 aliphatic carbocycles. The van der Waals surface area contributed by atoms with Crippen molar-refractivity contribution in [3.63, 3.8) is 0 Å². The highest BCUT2D eigenvalue weighted by Crippen LogP contribution is 2.54. The minimum atomic E-state index is -5.15. The van der Waals surface area contributed by atoms with Gasteiger partial charge in [-0.05, 0) is 30.5 Å². The first kappa shape index (κ1) is 18.0. The summed E-state index contributed by atoms with van der Waals surface area (Å²) in [5, 5.41) is 29.5. The molecule has 3 rings (SSSR count). The SMILES string of the molecule is Cc1c(C2C(=O)N3CC[C@H](O)C3[C@@]2(O)C(F)(F)F)ccc(C#N)c1Cl. The average Bonchev–Trinajstić information content (AvgIpc) is 3.02. The van der Waals surface area contributed by atoms with Gasteiger partial charge in [-0.25, -0.2) is 0 Å². The van der Waals surface area contributed by atoms with Crippen LogP contribution in [0.3, 0.4) is 0 Å². The minimum absolute atomic E-state index is 0.0331. The van der Waals surface area contributed by atoms with Gasteiger partial charge in [0.05, 0.1) is 22.7 Å². The number of aliphatic hydroxyl groups is 2. The molecule has 0 saturated carbocycles. The van der Waals surface area contributed by atoms with Crippen molar-refractivity contribution in [1.82, 2.24) is 4.90 Å². The van der Waals surface area contributed by atoms with E-state index in [1.165, 1.54) is 19.1 Å². The first-order chi connectivity index (χ1) is 11.6. The summed E-state index contributed by atoms with van der Waals surface area (Å²) in [5.41, 5.74) is -3.36. The van der Waals surface area contributed by atoms with Gasteiger partial charge >= 0.3 is 6.18 Å². The standard InChI is InChI=1S/C16H14ClF3N2O3/c1-7-9(3-2-8(6-21)12(7)17)11-14(24)22-5-4-10(23)13(22)15(11,25)16(18,19)20/h2-3,10-11,13,23,25H,4-5H2,1H3/t10-,11?,13?,15+/m0/s1. The van der Waals surface area contributed by atoms with Gasteiger partial charge < -0.3 is 15.1 Å². The molecule has 0 bridgehead atoms. The summed E-state index contributed by atoms with van der Waals surface area (Å²) < 4.78 is 41.5. The second kappa shape index (κ2) is 5.59. The molecule has 1 aromatic carbocycles. The van der Waals surface area contributed by atoms with Crippen LogP contribution in [-0.4, -0.2) is 51.5 Å². The third-order valence-corrected chi connectivity index (χ3v) is 5.59. The third kappa shape index (κ3) is 2.26. The Bertz CT molecular complexity index is 792. The summed E-state index contributed by atoms with van der Waals surface area (Å²) >= 11 is 6.02. The van der Waals surface area contributed by atoms with Crippen LogP contribution in [0.1, 0.15) is 29.0 Å². The molecule has 2 aliphatic heterocycles. The zero-order valence-corrected chi connectivity index (χ0v) is 13.8. The normalized spacial score (nSPS) is 32.0. The van der Waals surface area contributed by atoms with Crippen molar-refractivity contribution >= 4 is 17.5 Å². The van der Waals surface area contributed by atoms with Gasteiger partial charge in [0.1, 0.15) is 12.0 Å². The van der Waals surface area contributed by atoms with Gasteiger partial charge in [-0.15, -0.1) is 0 Å². The molecule has 5 nitrogen and oxygen atoms in total. The van der Waals surface area contributed by atoms with E-state index in [4.69, 9.17) is 16.9 Å². The van der Waals surface area contributed by atoms with Gasteiger partial charge in [0, 0.05) is 6.54 Å². The molecule has 2 unspecified atom stereocenters. The molecule has 2 fully saturated rings. The monoisotopic (exact) mass is 374 g/mol. The third-order valence-electron chi connectivity index (χ3n) is 5.10. The molecular weight excluding hydrogens is 361 g/mol. The van der Waals surface area contributed by atoms with E-state index in [-0.39, 0.29) is 34.7 Å². The molecule has 0 radical (unpaired) electrons. The van der Waals surface area contributed by atoms with Crippen LogP contribution in [0.2, 0.25) is 5.02 Å². The molecule has 134 valence electrons. The van der Waals surface area contributed by atoms with Crippen molar-refractivity contribution in [3.05, 3.63) is 33.8 Å². The van der Waals surface area contributed by atoms with Crippen molar-refractivity contribution in [2.45, 2.75) is 43.2 Å².